The summed E-state index contributed by atoms with van der Waals surface area (Å²) in [5.74, 6) is 0.952. The molecule has 4 rings (SSSR count). The Morgan fingerprint density at radius 1 is 1.00 bits per heavy atom. The third-order valence-electron chi connectivity index (χ3n) is 4.17. The zero-order chi connectivity index (χ0) is 9.45. The molecule has 3 fully saturated rings. The molecule has 72 valence electrons. The number of ketones is 2. The van der Waals surface area contributed by atoms with Gasteiger partial charge in [0.2, 0.25) is 0 Å². The van der Waals surface area contributed by atoms with E-state index in [2.05, 4.69) is 12.2 Å². The first kappa shape index (κ1) is 7.35. The molecule has 0 aromatic heterocycles. The molecule has 0 amide bonds. The van der Waals surface area contributed by atoms with E-state index in [-0.39, 0.29) is 35.6 Å². The first-order valence-electron chi connectivity index (χ1n) is 5.18. The quantitative estimate of drug-likeness (QED) is 0.409. The Bertz CT molecular complexity index is 350. The van der Waals surface area contributed by atoms with Crippen molar-refractivity contribution in [3.63, 3.8) is 0 Å². The summed E-state index contributed by atoms with van der Waals surface area (Å²) in [5, 5.41) is 0. The molecule has 2 unspecified atom stereocenters. The summed E-state index contributed by atoms with van der Waals surface area (Å²) in [6.45, 7) is 0. The van der Waals surface area contributed by atoms with Crippen LogP contribution in [0.15, 0.2) is 12.2 Å². The fourth-order valence-corrected chi connectivity index (χ4v) is 3.52. The van der Waals surface area contributed by atoms with Gasteiger partial charge in [0.15, 0.2) is 23.8 Å². The number of fused-ring (bicyclic) bond motifs is 6. The number of ether oxygens (including phenoxy) is 1. The second-order valence-corrected chi connectivity index (χ2v) is 4.78. The van der Waals surface area contributed by atoms with Crippen LogP contribution >= 0.6 is 0 Å². The molecule has 0 N–H and O–H groups in total. The van der Waals surface area contributed by atoms with Crippen LogP contribution in [0.1, 0.15) is 6.42 Å². The summed E-state index contributed by atoms with van der Waals surface area (Å²) in [7, 11) is 0. The van der Waals surface area contributed by atoms with Gasteiger partial charge in [-0.1, -0.05) is 12.2 Å². The third kappa shape index (κ3) is 0.630. The molecule has 1 aliphatic heterocycles. The van der Waals surface area contributed by atoms with Gasteiger partial charge >= 0.3 is 0 Å². The Morgan fingerprint density at radius 2 is 1.50 bits per heavy atom. The van der Waals surface area contributed by atoms with Gasteiger partial charge in [-0.2, -0.15) is 0 Å². The van der Waals surface area contributed by atoms with Crippen molar-refractivity contribution in [2.75, 3.05) is 0 Å². The van der Waals surface area contributed by atoms with E-state index in [1.807, 2.05) is 0 Å². The van der Waals surface area contributed by atoms with Crippen molar-refractivity contribution in [1.29, 1.82) is 0 Å². The van der Waals surface area contributed by atoms with Gasteiger partial charge in [-0.05, 0) is 18.3 Å². The maximum atomic E-state index is 11.9. The first-order valence-corrected chi connectivity index (χ1v) is 5.18. The standard InChI is InChI=1S/C11H10O3/c12-8-6-4-1-2-5(3-4)7(6)9(13)11-10(8)14-11/h1-2,4-7,10-11H,3H2/t4-,5+,6-,7?,10?,11-/m1/s1. The minimum absolute atomic E-state index is 0.0405. The van der Waals surface area contributed by atoms with Crippen LogP contribution in [0.4, 0.5) is 0 Å². The fourth-order valence-electron chi connectivity index (χ4n) is 3.52. The van der Waals surface area contributed by atoms with E-state index in [0.29, 0.717) is 11.8 Å². The second kappa shape index (κ2) is 2.01. The monoisotopic (exact) mass is 190 g/mol. The molecule has 2 bridgehead atoms. The molecule has 6 atom stereocenters. The Morgan fingerprint density at radius 3 is 2.00 bits per heavy atom. The molecule has 3 aliphatic carbocycles. The molecule has 2 saturated carbocycles. The minimum atomic E-state index is -0.364. The number of rotatable bonds is 0. The van der Waals surface area contributed by atoms with Crippen LogP contribution < -0.4 is 0 Å². The van der Waals surface area contributed by atoms with Crippen LogP contribution in [0.2, 0.25) is 0 Å². The number of allylic oxidation sites excluding steroid dienone is 2. The van der Waals surface area contributed by atoms with E-state index < -0.39 is 0 Å². The van der Waals surface area contributed by atoms with Crippen molar-refractivity contribution in [3.05, 3.63) is 12.2 Å². The third-order valence-corrected chi connectivity index (χ3v) is 4.17. The van der Waals surface area contributed by atoms with Gasteiger partial charge in [0.1, 0.15) is 0 Å². The number of carbonyl (C=O) groups excluding carboxylic acids is 2. The van der Waals surface area contributed by atoms with Crippen molar-refractivity contribution in [1.82, 2.24) is 0 Å². The van der Waals surface area contributed by atoms with Gasteiger partial charge < -0.3 is 4.74 Å². The zero-order valence-electron chi connectivity index (χ0n) is 7.55. The number of carbonyl (C=O) groups is 2. The average molecular weight is 190 g/mol. The highest BCUT2D eigenvalue weighted by Crippen LogP contribution is 2.54. The SMILES string of the molecule is O=C1C2[C@H]3C=C[C@H](C3)[C@H]2C(=O)C2O[C@H]12. The molecule has 0 aromatic rings. The minimum Gasteiger partial charge on any atom is -0.353 e. The normalized spacial score (nSPS) is 57.4. The highest BCUT2D eigenvalue weighted by molar-refractivity contribution is 6.06. The number of Topliss-reactive ketones (excluding diaryl/α,β-unsaturated/α-hetero) is 2. The lowest BCUT2D eigenvalue weighted by molar-refractivity contribution is -0.135. The highest BCUT2D eigenvalue weighted by Gasteiger charge is 2.66. The summed E-state index contributed by atoms with van der Waals surface area (Å²) in [5.41, 5.74) is 0. The molecule has 0 radical (unpaired) electrons. The topological polar surface area (TPSA) is 46.7 Å². The lowest BCUT2D eigenvalue weighted by atomic mass is 9.72. The molecule has 4 aliphatic rings. The van der Waals surface area contributed by atoms with Crippen LogP contribution in [-0.2, 0) is 14.3 Å². The van der Waals surface area contributed by atoms with Crippen LogP contribution in [0.25, 0.3) is 0 Å². The van der Waals surface area contributed by atoms with Crippen LogP contribution in [-0.4, -0.2) is 23.8 Å². The first-order chi connectivity index (χ1) is 6.77. The summed E-state index contributed by atoms with van der Waals surface area (Å²) in [4.78, 5) is 23.7. The maximum Gasteiger partial charge on any atom is 0.169 e. The number of hydrogen-bond donors (Lipinski definition) is 0. The lowest BCUT2D eigenvalue weighted by Crippen LogP contribution is -2.43. The molecule has 3 nitrogen and oxygen atoms in total. The van der Waals surface area contributed by atoms with Crippen molar-refractivity contribution >= 4 is 11.6 Å². The van der Waals surface area contributed by atoms with Crippen LogP contribution in [0.3, 0.4) is 0 Å². The van der Waals surface area contributed by atoms with E-state index in [1.165, 1.54) is 0 Å². The predicted molar refractivity (Wildman–Crippen MR) is 46.4 cm³/mol. The van der Waals surface area contributed by atoms with Crippen LogP contribution in [0.5, 0.6) is 0 Å². The summed E-state index contributed by atoms with van der Waals surface area (Å²) >= 11 is 0. The molecule has 1 saturated heterocycles. The van der Waals surface area contributed by atoms with Gasteiger partial charge in [-0.15, -0.1) is 0 Å². The van der Waals surface area contributed by atoms with Gasteiger partial charge in [-0.25, -0.2) is 0 Å². The highest BCUT2D eigenvalue weighted by atomic mass is 16.6. The predicted octanol–water partition coefficient (Wildman–Crippen LogP) is 0.344. The van der Waals surface area contributed by atoms with Crippen molar-refractivity contribution in [2.45, 2.75) is 18.6 Å². The molecule has 14 heavy (non-hydrogen) atoms. The summed E-state index contributed by atoms with van der Waals surface area (Å²) < 4.78 is 5.14. The lowest BCUT2D eigenvalue weighted by Gasteiger charge is -2.27. The summed E-state index contributed by atoms with van der Waals surface area (Å²) in [6, 6.07) is 0. The molecule has 0 spiro atoms. The van der Waals surface area contributed by atoms with Crippen molar-refractivity contribution in [3.8, 4) is 0 Å². The van der Waals surface area contributed by atoms with E-state index >= 15 is 0 Å². The van der Waals surface area contributed by atoms with Crippen LogP contribution in [0, 0.1) is 23.7 Å². The molecular formula is C11H10O3. The number of epoxide rings is 1. The molecule has 1 heterocycles. The summed E-state index contributed by atoms with van der Waals surface area (Å²) in [6.07, 6.45) is 4.50. The molecular weight excluding hydrogens is 180 g/mol. The van der Waals surface area contributed by atoms with E-state index in [9.17, 15) is 9.59 Å². The molecule has 3 heteroatoms. The van der Waals surface area contributed by atoms with E-state index in [4.69, 9.17) is 4.74 Å². The Balaban J connectivity index is 1.84. The Hall–Kier alpha value is -0.960. The second-order valence-electron chi connectivity index (χ2n) is 4.78. The average Bonchev–Trinajstić information content (AvgIpc) is 2.74. The number of hydrogen-bond acceptors (Lipinski definition) is 3. The van der Waals surface area contributed by atoms with Gasteiger partial charge in [0, 0.05) is 11.8 Å². The van der Waals surface area contributed by atoms with E-state index in [1.54, 1.807) is 0 Å². The van der Waals surface area contributed by atoms with E-state index in [0.717, 1.165) is 6.42 Å². The zero-order valence-corrected chi connectivity index (χ0v) is 7.55. The maximum absolute atomic E-state index is 11.9. The fraction of sp³-hybridized carbons (Fsp3) is 0.636. The smallest absolute Gasteiger partial charge is 0.169 e. The Labute approximate surface area is 81.1 Å². The molecule has 0 aromatic carbocycles. The van der Waals surface area contributed by atoms with Gasteiger partial charge in [-0.3, -0.25) is 9.59 Å². The Kier molecular flexibility index (Phi) is 1.05. The van der Waals surface area contributed by atoms with Crippen molar-refractivity contribution in [2.24, 2.45) is 23.7 Å². The largest absolute Gasteiger partial charge is 0.353 e. The van der Waals surface area contributed by atoms with Crippen molar-refractivity contribution < 1.29 is 14.3 Å². The van der Waals surface area contributed by atoms with Gasteiger partial charge in [0.05, 0.1) is 0 Å². The van der Waals surface area contributed by atoms with Gasteiger partial charge in [0.25, 0.3) is 0 Å².